The molecule has 9 heteroatoms. The summed E-state index contributed by atoms with van der Waals surface area (Å²) in [6, 6.07) is 13.9. The molecule has 1 aliphatic heterocycles. The van der Waals surface area contributed by atoms with E-state index in [1.165, 1.54) is 9.47 Å². The van der Waals surface area contributed by atoms with Crippen molar-refractivity contribution in [3.63, 3.8) is 0 Å². The van der Waals surface area contributed by atoms with Gasteiger partial charge in [0.05, 0.1) is 17.4 Å². The van der Waals surface area contributed by atoms with Gasteiger partial charge in [0.15, 0.2) is 0 Å². The smallest absolute Gasteiger partial charge is 0.261 e. The number of rotatable bonds is 5. The van der Waals surface area contributed by atoms with Crippen molar-refractivity contribution in [1.29, 1.82) is 0 Å². The van der Waals surface area contributed by atoms with Gasteiger partial charge in [0.1, 0.15) is 12.4 Å². The van der Waals surface area contributed by atoms with Crippen molar-refractivity contribution < 1.29 is 14.4 Å². The third kappa shape index (κ3) is 4.51. The molecule has 0 radical (unpaired) electrons. The SMILES string of the molecule is Cc1nc2ccccc2c(=O)n1CC(=O)NCc1ccc(C(=O)N2CCNC(=O)C2)cc1. The van der Waals surface area contributed by atoms with E-state index in [1.807, 2.05) is 6.07 Å². The van der Waals surface area contributed by atoms with Crippen LogP contribution in [0.3, 0.4) is 0 Å². The third-order valence-corrected chi connectivity index (χ3v) is 5.37. The molecule has 1 aliphatic rings. The second kappa shape index (κ2) is 9.01. The molecule has 9 nitrogen and oxygen atoms in total. The third-order valence-electron chi connectivity index (χ3n) is 5.37. The number of benzene rings is 2. The summed E-state index contributed by atoms with van der Waals surface area (Å²) >= 11 is 0. The Kier molecular flexibility index (Phi) is 5.98. The second-order valence-electron chi connectivity index (χ2n) is 7.62. The van der Waals surface area contributed by atoms with Crippen molar-refractivity contribution >= 4 is 28.6 Å². The van der Waals surface area contributed by atoms with Crippen LogP contribution in [0.15, 0.2) is 53.3 Å². The summed E-state index contributed by atoms with van der Waals surface area (Å²) < 4.78 is 1.36. The molecule has 32 heavy (non-hydrogen) atoms. The van der Waals surface area contributed by atoms with Gasteiger partial charge in [0.25, 0.3) is 11.5 Å². The highest BCUT2D eigenvalue weighted by molar-refractivity contribution is 5.97. The van der Waals surface area contributed by atoms with Crippen molar-refractivity contribution in [1.82, 2.24) is 25.1 Å². The van der Waals surface area contributed by atoms with Crippen molar-refractivity contribution in [2.45, 2.75) is 20.0 Å². The van der Waals surface area contributed by atoms with Crippen LogP contribution in [0.5, 0.6) is 0 Å². The lowest BCUT2D eigenvalue weighted by Gasteiger charge is -2.26. The molecule has 0 atom stereocenters. The van der Waals surface area contributed by atoms with E-state index in [1.54, 1.807) is 49.4 Å². The van der Waals surface area contributed by atoms with Crippen LogP contribution in [0, 0.1) is 6.92 Å². The lowest BCUT2D eigenvalue weighted by Crippen LogP contribution is -2.49. The molecule has 0 saturated carbocycles. The number of carbonyl (C=O) groups excluding carboxylic acids is 3. The first-order chi connectivity index (χ1) is 15.4. The predicted molar refractivity (Wildman–Crippen MR) is 118 cm³/mol. The van der Waals surface area contributed by atoms with Crippen LogP contribution in [-0.4, -0.2) is 51.8 Å². The van der Waals surface area contributed by atoms with E-state index in [-0.39, 0.29) is 42.9 Å². The molecule has 2 aromatic carbocycles. The van der Waals surface area contributed by atoms with Gasteiger partial charge in [-0.05, 0) is 36.8 Å². The topological polar surface area (TPSA) is 113 Å². The first-order valence-electron chi connectivity index (χ1n) is 10.3. The van der Waals surface area contributed by atoms with Crippen LogP contribution in [0.2, 0.25) is 0 Å². The molecule has 0 aliphatic carbocycles. The Morgan fingerprint density at radius 2 is 1.84 bits per heavy atom. The number of fused-ring (bicyclic) bond motifs is 1. The maximum atomic E-state index is 12.7. The fourth-order valence-electron chi connectivity index (χ4n) is 3.63. The molecule has 1 fully saturated rings. The average Bonchev–Trinajstić information content (AvgIpc) is 2.80. The van der Waals surface area contributed by atoms with Crippen molar-refractivity contribution in [3.05, 3.63) is 75.8 Å². The van der Waals surface area contributed by atoms with Gasteiger partial charge in [-0.3, -0.25) is 23.7 Å². The fourth-order valence-corrected chi connectivity index (χ4v) is 3.63. The van der Waals surface area contributed by atoms with E-state index in [0.29, 0.717) is 35.4 Å². The number of amides is 3. The molecular weight excluding hydrogens is 410 g/mol. The van der Waals surface area contributed by atoms with Crippen molar-refractivity contribution in [2.24, 2.45) is 0 Å². The predicted octanol–water partition coefficient (Wildman–Crippen LogP) is 0.593. The summed E-state index contributed by atoms with van der Waals surface area (Å²) in [5, 5.41) is 5.95. The Morgan fingerprint density at radius 1 is 1.09 bits per heavy atom. The van der Waals surface area contributed by atoms with Gasteiger partial charge < -0.3 is 15.5 Å². The number of piperazine rings is 1. The molecule has 1 aromatic heterocycles. The van der Waals surface area contributed by atoms with Crippen LogP contribution in [-0.2, 0) is 22.7 Å². The van der Waals surface area contributed by atoms with Crippen LogP contribution < -0.4 is 16.2 Å². The van der Waals surface area contributed by atoms with E-state index in [2.05, 4.69) is 15.6 Å². The van der Waals surface area contributed by atoms with Gasteiger partial charge in [0.2, 0.25) is 11.8 Å². The molecule has 2 heterocycles. The standard InChI is InChI=1S/C23H23N5O4/c1-15-26-19-5-3-2-4-18(19)23(32)28(15)14-21(30)25-12-16-6-8-17(9-7-16)22(31)27-11-10-24-20(29)13-27/h2-9H,10-14H2,1H3,(H,24,29)(H,25,30). The number of aromatic nitrogens is 2. The van der Waals surface area contributed by atoms with Gasteiger partial charge in [0, 0.05) is 25.2 Å². The summed E-state index contributed by atoms with van der Waals surface area (Å²) in [5.74, 6) is -0.209. The fraction of sp³-hybridized carbons (Fsp3) is 0.261. The molecule has 4 rings (SSSR count). The van der Waals surface area contributed by atoms with Gasteiger partial charge in [-0.1, -0.05) is 24.3 Å². The largest absolute Gasteiger partial charge is 0.353 e. The number of carbonyl (C=O) groups is 3. The van der Waals surface area contributed by atoms with E-state index in [0.717, 1.165) is 5.56 Å². The maximum Gasteiger partial charge on any atom is 0.261 e. The monoisotopic (exact) mass is 433 g/mol. The number of nitrogens with one attached hydrogen (secondary N) is 2. The van der Waals surface area contributed by atoms with E-state index in [4.69, 9.17) is 0 Å². The minimum Gasteiger partial charge on any atom is -0.353 e. The molecule has 0 unspecified atom stereocenters. The molecule has 0 bridgehead atoms. The summed E-state index contributed by atoms with van der Waals surface area (Å²) in [7, 11) is 0. The molecule has 0 spiro atoms. The first kappa shape index (κ1) is 21.2. The van der Waals surface area contributed by atoms with Crippen molar-refractivity contribution in [2.75, 3.05) is 19.6 Å². The highest BCUT2D eigenvalue weighted by Gasteiger charge is 2.22. The zero-order valence-corrected chi connectivity index (χ0v) is 17.6. The molecule has 2 N–H and O–H groups in total. The lowest BCUT2D eigenvalue weighted by atomic mass is 10.1. The summed E-state index contributed by atoms with van der Waals surface area (Å²) in [5.41, 5.74) is 1.65. The summed E-state index contributed by atoms with van der Waals surface area (Å²) in [6.45, 7) is 2.81. The molecule has 3 amide bonds. The Balaban J connectivity index is 1.37. The Labute approximate surface area is 184 Å². The summed E-state index contributed by atoms with van der Waals surface area (Å²) in [6.07, 6.45) is 0. The van der Waals surface area contributed by atoms with E-state index >= 15 is 0 Å². The van der Waals surface area contributed by atoms with Crippen molar-refractivity contribution in [3.8, 4) is 0 Å². The van der Waals surface area contributed by atoms with Crippen LogP contribution in [0.1, 0.15) is 21.7 Å². The zero-order valence-electron chi connectivity index (χ0n) is 17.6. The maximum absolute atomic E-state index is 12.7. The molecular formula is C23H23N5O4. The zero-order chi connectivity index (χ0) is 22.7. The highest BCUT2D eigenvalue weighted by Crippen LogP contribution is 2.10. The van der Waals surface area contributed by atoms with Crippen LogP contribution in [0.4, 0.5) is 0 Å². The minimum absolute atomic E-state index is 0.0546. The van der Waals surface area contributed by atoms with Crippen LogP contribution in [0.25, 0.3) is 10.9 Å². The highest BCUT2D eigenvalue weighted by atomic mass is 16.2. The quantitative estimate of drug-likeness (QED) is 0.612. The Bertz CT molecular complexity index is 1250. The number of nitrogens with zero attached hydrogens (tertiary/aromatic N) is 3. The number of hydrogen-bond donors (Lipinski definition) is 2. The second-order valence-corrected chi connectivity index (χ2v) is 7.62. The normalized spacial score (nSPS) is 13.7. The molecule has 1 saturated heterocycles. The average molecular weight is 433 g/mol. The Morgan fingerprint density at radius 3 is 2.59 bits per heavy atom. The Hall–Kier alpha value is -4.01. The van der Waals surface area contributed by atoms with Crippen LogP contribution >= 0.6 is 0 Å². The lowest BCUT2D eigenvalue weighted by molar-refractivity contribution is -0.123. The number of para-hydroxylation sites is 1. The summed E-state index contributed by atoms with van der Waals surface area (Å²) in [4.78, 5) is 55.0. The van der Waals surface area contributed by atoms with Gasteiger partial charge >= 0.3 is 0 Å². The van der Waals surface area contributed by atoms with Gasteiger partial charge in [-0.2, -0.15) is 0 Å². The van der Waals surface area contributed by atoms with Gasteiger partial charge in [-0.15, -0.1) is 0 Å². The number of aryl methyl sites for hydroxylation is 1. The molecule has 164 valence electrons. The molecule has 3 aromatic rings. The van der Waals surface area contributed by atoms with Gasteiger partial charge in [-0.25, -0.2) is 4.98 Å². The van der Waals surface area contributed by atoms with E-state index in [9.17, 15) is 19.2 Å². The number of hydrogen-bond acceptors (Lipinski definition) is 5. The minimum atomic E-state index is -0.313. The van der Waals surface area contributed by atoms with E-state index < -0.39 is 0 Å². The first-order valence-corrected chi connectivity index (χ1v) is 10.3.